The van der Waals surface area contributed by atoms with Crippen LogP contribution in [0.25, 0.3) is 0 Å². The molecule has 1 fully saturated rings. The van der Waals surface area contributed by atoms with Crippen LogP contribution in [0.4, 0.5) is 14.5 Å². The van der Waals surface area contributed by atoms with Crippen molar-refractivity contribution in [3.63, 3.8) is 0 Å². The smallest absolute Gasteiger partial charge is 0.240 e. The summed E-state index contributed by atoms with van der Waals surface area (Å²) < 4.78 is 27.7. The summed E-state index contributed by atoms with van der Waals surface area (Å²) in [4.78, 5) is 13.7. The third-order valence-electron chi connectivity index (χ3n) is 4.02. The quantitative estimate of drug-likeness (QED) is 0.898. The van der Waals surface area contributed by atoms with Crippen molar-refractivity contribution in [3.8, 4) is 0 Å². The predicted octanol–water partition coefficient (Wildman–Crippen LogP) is 3.50. The standard InChI is InChI=1S/C18H17F2NO2S/c19-14-2-1-3-15(20)17(14)21-9-8-16(18(21)23)24-11-13-6-4-12(10-22)5-7-13/h1-7,16,22H,8-11H2. The summed E-state index contributed by atoms with van der Waals surface area (Å²) in [5.74, 6) is -1.05. The number of halogens is 2. The van der Waals surface area contributed by atoms with Crippen LogP contribution >= 0.6 is 11.8 Å². The lowest BCUT2D eigenvalue weighted by Gasteiger charge is -2.18. The minimum absolute atomic E-state index is 0.00228. The second kappa shape index (κ2) is 7.32. The highest BCUT2D eigenvalue weighted by atomic mass is 32.2. The van der Waals surface area contributed by atoms with Crippen LogP contribution in [-0.2, 0) is 17.2 Å². The van der Waals surface area contributed by atoms with Gasteiger partial charge in [-0.2, -0.15) is 0 Å². The van der Waals surface area contributed by atoms with Crippen LogP contribution in [-0.4, -0.2) is 22.8 Å². The Hall–Kier alpha value is -1.92. The molecular weight excluding hydrogens is 332 g/mol. The number of hydrogen-bond acceptors (Lipinski definition) is 3. The van der Waals surface area contributed by atoms with Gasteiger partial charge in [-0.3, -0.25) is 4.79 Å². The van der Waals surface area contributed by atoms with Crippen molar-refractivity contribution in [1.29, 1.82) is 0 Å². The SMILES string of the molecule is O=C1C(SCc2ccc(CO)cc2)CCN1c1c(F)cccc1F. The molecule has 1 saturated heterocycles. The fraction of sp³-hybridized carbons (Fsp3) is 0.278. The molecule has 0 aromatic heterocycles. The summed E-state index contributed by atoms with van der Waals surface area (Å²) in [5, 5.41) is 8.73. The van der Waals surface area contributed by atoms with Gasteiger partial charge in [0.1, 0.15) is 17.3 Å². The third-order valence-corrected chi connectivity index (χ3v) is 5.36. The Morgan fingerprint density at radius 2 is 1.71 bits per heavy atom. The monoisotopic (exact) mass is 349 g/mol. The van der Waals surface area contributed by atoms with Gasteiger partial charge in [0.25, 0.3) is 0 Å². The zero-order valence-corrected chi connectivity index (χ0v) is 13.7. The molecule has 0 radical (unpaired) electrons. The second-order valence-corrected chi connectivity index (χ2v) is 6.81. The van der Waals surface area contributed by atoms with Crippen LogP contribution in [0.5, 0.6) is 0 Å². The molecular formula is C18H17F2NO2S. The number of carbonyl (C=O) groups is 1. The van der Waals surface area contributed by atoms with Crippen LogP contribution in [0.2, 0.25) is 0 Å². The van der Waals surface area contributed by atoms with Gasteiger partial charge < -0.3 is 10.0 Å². The van der Waals surface area contributed by atoms with Crippen molar-refractivity contribution in [2.24, 2.45) is 0 Å². The molecule has 3 rings (SSSR count). The highest BCUT2D eigenvalue weighted by molar-refractivity contribution is 7.99. The van der Waals surface area contributed by atoms with Crippen LogP contribution in [0.15, 0.2) is 42.5 Å². The van der Waals surface area contributed by atoms with Gasteiger partial charge in [-0.25, -0.2) is 8.78 Å². The number of rotatable bonds is 5. The first-order valence-electron chi connectivity index (χ1n) is 7.66. The van der Waals surface area contributed by atoms with Crippen molar-refractivity contribution in [2.75, 3.05) is 11.4 Å². The lowest BCUT2D eigenvalue weighted by Crippen LogP contribution is -2.29. The van der Waals surface area contributed by atoms with E-state index in [9.17, 15) is 13.6 Å². The fourth-order valence-corrected chi connectivity index (χ4v) is 3.84. The molecule has 1 aliphatic rings. The van der Waals surface area contributed by atoms with Gasteiger partial charge in [0.15, 0.2) is 0 Å². The van der Waals surface area contributed by atoms with E-state index >= 15 is 0 Å². The maximum atomic E-state index is 13.9. The molecule has 2 aromatic rings. The maximum Gasteiger partial charge on any atom is 0.240 e. The number of aliphatic hydroxyl groups excluding tert-OH is 1. The number of aliphatic hydroxyl groups is 1. The minimum Gasteiger partial charge on any atom is -0.392 e. The Labute approximate surface area is 143 Å². The topological polar surface area (TPSA) is 40.5 Å². The molecule has 3 nitrogen and oxygen atoms in total. The Bertz CT molecular complexity index is 716. The van der Waals surface area contributed by atoms with Crippen LogP contribution in [0, 0.1) is 11.6 Å². The van der Waals surface area contributed by atoms with Crippen LogP contribution < -0.4 is 4.90 Å². The number of hydrogen-bond donors (Lipinski definition) is 1. The van der Waals surface area contributed by atoms with Gasteiger partial charge in [0.05, 0.1) is 11.9 Å². The van der Waals surface area contributed by atoms with Gasteiger partial charge in [-0.1, -0.05) is 30.3 Å². The van der Waals surface area contributed by atoms with E-state index in [-0.39, 0.29) is 23.5 Å². The number of para-hydroxylation sites is 1. The molecule has 24 heavy (non-hydrogen) atoms. The molecule has 0 bridgehead atoms. The summed E-state index contributed by atoms with van der Waals surface area (Å²) in [6.07, 6.45) is 0.562. The van der Waals surface area contributed by atoms with Crippen LogP contribution in [0.1, 0.15) is 17.5 Å². The van der Waals surface area contributed by atoms with Gasteiger partial charge >= 0.3 is 0 Å². The van der Waals surface area contributed by atoms with Crippen molar-refractivity contribution < 1.29 is 18.7 Å². The fourth-order valence-electron chi connectivity index (χ4n) is 2.72. The lowest BCUT2D eigenvalue weighted by molar-refractivity contribution is -0.116. The second-order valence-electron chi connectivity index (χ2n) is 5.62. The minimum atomic E-state index is -0.714. The molecule has 0 spiro atoms. The first-order chi connectivity index (χ1) is 11.6. The summed E-state index contributed by atoms with van der Waals surface area (Å²) in [6.45, 7) is 0.315. The van der Waals surface area contributed by atoms with E-state index in [4.69, 9.17) is 5.11 Å². The Balaban J connectivity index is 1.65. The molecule has 1 N–H and O–H groups in total. The largest absolute Gasteiger partial charge is 0.392 e. The average Bonchev–Trinajstić information content (AvgIpc) is 2.94. The molecule has 0 aliphatic carbocycles. The Morgan fingerprint density at radius 3 is 2.33 bits per heavy atom. The molecule has 2 aromatic carbocycles. The highest BCUT2D eigenvalue weighted by Crippen LogP contribution is 2.33. The number of anilines is 1. The summed E-state index contributed by atoms with van der Waals surface area (Å²) in [7, 11) is 0. The van der Waals surface area contributed by atoms with E-state index in [1.165, 1.54) is 22.7 Å². The number of benzene rings is 2. The molecule has 1 unspecified atom stereocenters. The number of nitrogens with zero attached hydrogens (tertiary/aromatic N) is 1. The zero-order chi connectivity index (χ0) is 17.1. The summed E-state index contributed by atoms with van der Waals surface area (Å²) >= 11 is 1.47. The van der Waals surface area contributed by atoms with E-state index in [0.717, 1.165) is 23.3 Å². The summed E-state index contributed by atoms with van der Waals surface area (Å²) in [6, 6.07) is 11.1. The van der Waals surface area contributed by atoms with Gasteiger partial charge in [0.2, 0.25) is 5.91 Å². The van der Waals surface area contributed by atoms with Crippen molar-refractivity contribution >= 4 is 23.4 Å². The maximum absolute atomic E-state index is 13.9. The molecule has 126 valence electrons. The lowest BCUT2D eigenvalue weighted by atomic mass is 10.2. The first-order valence-corrected chi connectivity index (χ1v) is 8.70. The molecule has 1 heterocycles. The number of carbonyl (C=O) groups excluding carboxylic acids is 1. The van der Waals surface area contributed by atoms with E-state index in [2.05, 4.69) is 0 Å². The van der Waals surface area contributed by atoms with E-state index in [0.29, 0.717) is 18.7 Å². The van der Waals surface area contributed by atoms with Crippen molar-refractivity contribution in [1.82, 2.24) is 0 Å². The molecule has 1 aliphatic heterocycles. The van der Waals surface area contributed by atoms with Gasteiger partial charge in [0, 0.05) is 12.3 Å². The average molecular weight is 349 g/mol. The molecule has 1 amide bonds. The first kappa shape index (κ1) is 16.9. The van der Waals surface area contributed by atoms with E-state index in [1.807, 2.05) is 24.3 Å². The van der Waals surface area contributed by atoms with E-state index in [1.54, 1.807) is 0 Å². The van der Waals surface area contributed by atoms with Gasteiger partial charge in [-0.05, 0) is 29.7 Å². The number of thioether (sulfide) groups is 1. The van der Waals surface area contributed by atoms with Gasteiger partial charge in [-0.15, -0.1) is 11.8 Å². The Kier molecular flexibility index (Phi) is 5.16. The zero-order valence-electron chi connectivity index (χ0n) is 12.9. The van der Waals surface area contributed by atoms with Crippen molar-refractivity contribution in [2.45, 2.75) is 24.0 Å². The summed E-state index contributed by atoms with van der Waals surface area (Å²) in [5.41, 5.74) is 1.63. The molecule has 6 heteroatoms. The normalized spacial score (nSPS) is 17.5. The van der Waals surface area contributed by atoms with E-state index < -0.39 is 11.6 Å². The Morgan fingerprint density at radius 1 is 1.08 bits per heavy atom. The molecule has 1 atom stereocenters. The third kappa shape index (κ3) is 3.44. The predicted molar refractivity (Wildman–Crippen MR) is 90.8 cm³/mol. The highest BCUT2D eigenvalue weighted by Gasteiger charge is 2.35. The van der Waals surface area contributed by atoms with Crippen molar-refractivity contribution in [3.05, 3.63) is 65.2 Å². The number of amides is 1. The molecule has 0 saturated carbocycles. The van der Waals surface area contributed by atoms with Crippen LogP contribution in [0.3, 0.4) is 0 Å².